The summed E-state index contributed by atoms with van der Waals surface area (Å²) in [4.78, 5) is 19.6. The third kappa shape index (κ3) is 4.15. The van der Waals surface area contributed by atoms with E-state index >= 15 is 0 Å². The predicted molar refractivity (Wildman–Crippen MR) is 101 cm³/mol. The van der Waals surface area contributed by atoms with Gasteiger partial charge in [0.1, 0.15) is 10.8 Å². The van der Waals surface area contributed by atoms with E-state index in [2.05, 4.69) is 4.98 Å². The van der Waals surface area contributed by atoms with Gasteiger partial charge in [0.15, 0.2) is 6.10 Å². The van der Waals surface area contributed by atoms with Gasteiger partial charge in [0.2, 0.25) is 0 Å². The minimum atomic E-state index is -0.540. The molecule has 2 heterocycles. The van der Waals surface area contributed by atoms with Crippen LogP contribution in [-0.4, -0.2) is 28.4 Å². The first kappa shape index (κ1) is 18.2. The van der Waals surface area contributed by atoms with E-state index in [9.17, 15) is 4.79 Å². The van der Waals surface area contributed by atoms with Crippen molar-refractivity contribution in [1.29, 1.82) is 0 Å². The Balaban J connectivity index is 1.75. The molecule has 1 fully saturated rings. The summed E-state index contributed by atoms with van der Waals surface area (Å²) in [6.45, 7) is 6.50. The van der Waals surface area contributed by atoms with Crippen LogP contribution in [0.1, 0.15) is 48.5 Å². The third-order valence-corrected chi connectivity index (χ3v) is 5.80. The molecule has 2 atom stereocenters. The Morgan fingerprint density at radius 2 is 2.20 bits per heavy atom. The summed E-state index contributed by atoms with van der Waals surface area (Å²) in [5.41, 5.74) is 1.94. The second kappa shape index (κ2) is 7.75. The van der Waals surface area contributed by atoms with Gasteiger partial charge in [0, 0.05) is 22.6 Å². The van der Waals surface area contributed by atoms with Crippen LogP contribution in [0, 0.1) is 13.8 Å². The summed E-state index contributed by atoms with van der Waals surface area (Å²) in [7, 11) is 0. The Bertz CT molecular complexity index is 762. The van der Waals surface area contributed by atoms with Crippen LogP contribution in [-0.2, 0) is 4.79 Å². The highest BCUT2D eigenvalue weighted by Gasteiger charge is 2.33. The zero-order valence-electron chi connectivity index (χ0n) is 14.8. The van der Waals surface area contributed by atoms with Crippen molar-refractivity contribution in [3.8, 4) is 5.75 Å². The molecule has 1 aliphatic rings. The number of halogens is 1. The molecule has 0 radical (unpaired) electrons. The van der Waals surface area contributed by atoms with E-state index in [1.54, 1.807) is 17.4 Å². The fourth-order valence-corrected chi connectivity index (χ4v) is 4.37. The highest BCUT2D eigenvalue weighted by Crippen LogP contribution is 2.33. The van der Waals surface area contributed by atoms with Crippen LogP contribution >= 0.6 is 22.9 Å². The minimum absolute atomic E-state index is 0.0203. The number of likely N-dealkylation sites (tertiary alicyclic amines) is 1. The van der Waals surface area contributed by atoms with Gasteiger partial charge >= 0.3 is 0 Å². The molecule has 25 heavy (non-hydrogen) atoms. The smallest absolute Gasteiger partial charge is 0.263 e. The first-order chi connectivity index (χ1) is 12.0. The van der Waals surface area contributed by atoms with Crippen molar-refractivity contribution in [1.82, 2.24) is 9.88 Å². The van der Waals surface area contributed by atoms with Crippen molar-refractivity contribution in [2.24, 2.45) is 0 Å². The van der Waals surface area contributed by atoms with Gasteiger partial charge in [-0.1, -0.05) is 11.6 Å². The lowest BCUT2D eigenvalue weighted by atomic mass is 10.0. The highest BCUT2D eigenvalue weighted by atomic mass is 35.5. The average Bonchev–Trinajstić information content (AvgIpc) is 3.03. The Morgan fingerprint density at radius 3 is 2.88 bits per heavy atom. The molecule has 1 amide bonds. The predicted octanol–water partition coefficient (Wildman–Crippen LogP) is 4.93. The number of hydrogen-bond acceptors (Lipinski definition) is 4. The summed E-state index contributed by atoms with van der Waals surface area (Å²) in [5, 5.41) is 3.74. The molecule has 0 aliphatic carbocycles. The van der Waals surface area contributed by atoms with Crippen molar-refractivity contribution in [3.05, 3.63) is 44.9 Å². The molecule has 1 aromatic carbocycles. The Morgan fingerprint density at radius 1 is 1.40 bits per heavy atom. The maximum absolute atomic E-state index is 13.0. The summed E-state index contributed by atoms with van der Waals surface area (Å²) in [6, 6.07) is 5.51. The van der Waals surface area contributed by atoms with E-state index in [1.165, 1.54) is 0 Å². The van der Waals surface area contributed by atoms with Crippen LogP contribution in [0.4, 0.5) is 0 Å². The average molecular weight is 379 g/mol. The summed E-state index contributed by atoms with van der Waals surface area (Å²) >= 11 is 7.63. The summed E-state index contributed by atoms with van der Waals surface area (Å²) < 4.78 is 5.94. The van der Waals surface area contributed by atoms with Crippen LogP contribution in [0.25, 0.3) is 0 Å². The van der Waals surface area contributed by atoms with E-state index in [4.69, 9.17) is 16.3 Å². The van der Waals surface area contributed by atoms with Gasteiger partial charge in [-0.25, -0.2) is 4.98 Å². The van der Waals surface area contributed by atoms with Crippen molar-refractivity contribution >= 4 is 28.8 Å². The van der Waals surface area contributed by atoms with E-state index in [1.807, 2.05) is 43.2 Å². The molecular weight excluding hydrogens is 356 g/mol. The first-order valence-corrected chi connectivity index (χ1v) is 9.87. The number of amides is 1. The maximum Gasteiger partial charge on any atom is 0.263 e. The Hall–Kier alpha value is -1.59. The molecule has 1 aliphatic heterocycles. The molecule has 0 spiro atoms. The zero-order valence-corrected chi connectivity index (χ0v) is 16.4. The van der Waals surface area contributed by atoms with Gasteiger partial charge in [0.25, 0.3) is 5.91 Å². The molecule has 1 saturated heterocycles. The van der Waals surface area contributed by atoms with Crippen LogP contribution in [0.3, 0.4) is 0 Å². The second-order valence-electron chi connectivity index (χ2n) is 6.54. The van der Waals surface area contributed by atoms with E-state index in [0.717, 1.165) is 42.1 Å². The molecule has 2 aromatic rings. The number of aryl methyl sites for hydroxylation is 2. The molecular formula is C19H23ClN2O2S. The molecule has 0 unspecified atom stereocenters. The van der Waals surface area contributed by atoms with Gasteiger partial charge in [-0.05, 0) is 63.8 Å². The van der Waals surface area contributed by atoms with Crippen LogP contribution < -0.4 is 4.74 Å². The normalized spacial score (nSPS) is 18.9. The SMILES string of the molecule is Cc1csc([C@H]2CCCCN2C(=O)[C@@H](C)Oc2ccc(Cl)cc2C)n1. The lowest BCUT2D eigenvalue weighted by Gasteiger charge is -2.36. The second-order valence-corrected chi connectivity index (χ2v) is 7.87. The number of ether oxygens (including phenoxy) is 1. The fourth-order valence-electron chi connectivity index (χ4n) is 3.20. The van der Waals surface area contributed by atoms with Crippen LogP contribution in [0.15, 0.2) is 23.6 Å². The zero-order chi connectivity index (χ0) is 18.0. The summed E-state index contributed by atoms with van der Waals surface area (Å²) in [6.07, 6.45) is 2.57. The minimum Gasteiger partial charge on any atom is -0.481 e. The van der Waals surface area contributed by atoms with E-state index in [0.29, 0.717) is 10.8 Å². The van der Waals surface area contributed by atoms with Gasteiger partial charge in [-0.2, -0.15) is 0 Å². The van der Waals surface area contributed by atoms with Crippen LogP contribution in [0.5, 0.6) is 5.75 Å². The molecule has 6 heteroatoms. The lowest BCUT2D eigenvalue weighted by Crippen LogP contribution is -2.45. The van der Waals surface area contributed by atoms with Gasteiger partial charge in [-0.3, -0.25) is 4.79 Å². The Kier molecular flexibility index (Phi) is 5.64. The molecule has 1 aromatic heterocycles. The fraction of sp³-hybridized carbons (Fsp3) is 0.474. The largest absolute Gasteiger partial charge is 0.481 e. The van der Waals surface area contributed by atoms with Crippen molar-refractivity contribution < 1.29 is 9.53 Å². The third-order valence-electron chi connectivity index (χ3n) is 4.50. The highest BCUT2D eigenvalue weighted by molar-refractivity contribution is 7.09. The van der Waals surface area contributed by atoms with Gasteiger partial charge in [0.05, 0.1) is 6.04 Å². The quantitative estimate of drug-likeness (QED) is 0.757. The van der Waals surface area contributed by atoms with Crippen LogP contribution in [0.2, 0.25) is 5.02 Å². The van der Waals surface area contributed by atoms with E-state index in [-0.39, 0.29) is 11.9 Å². The van der Waals surface area contributed by atoms with E-state index < -0.39 is 6.10 Å². The number of benzene rings is 1. The topological polar surface area (TPSA) is 42.4 Å². The van der Waals surface area contributed by atoms with Crippen molar-refractivity contribution in [3.63, 3.8) is 0 Å². The van der Waals surface area contributed by atoms with Gasteiger partial charge in [-0.15, -0.1) is 11.3 Å². The number of piperidine rings is 1. The Labute approximate surface area is 157 Å². The first-order valence-electron chi connectivity index (χ1n) is 8.61. The molecule has 0 N–H and O–H groups in total. The monoisotopic (exact) mass is 378 g/mol. The van der Waals surface area contributed by atoms with Gasteiger partial charge < -0.3 is 9.64 Å². The van der Waals surface area contributed by atoms with Crippen molar-refractivity contribution in [2.75, 3.05) is 6.54 Å². The molecule has 4 nitrogen and oxygen atoms in total. The number of rotatable bonds is 4. The number of carbonyl (C=O) groups is 1. The molecule has 3 rings (SSSR count). The number of hydrogen-bond donors (Lipinski definition) is 0. The molecule has 134 valence electrons. The number of carbonyl (C=O) groups excluding carboxylic acids is 1. The molecule has 0 saturated carbocycles. The standard InChI is InChI=1S/C19H23ClN2O2S/c1-12-10-15(20)7-8-17(12)24-14(3)19(23)22-9-5-4-6-16(22)18-21-13(2)11-25-18/h7-8,10-11,14,16H,4-6,9H2,1-3H3/t14-,16-/m1/s1. The maximum atomic E-state index is 13.0. The van der Waals surface area contributed by atoms with Crippen molar-refractivity contribution in [2.45, 2.75) is 52.2 Å². The number of aromatic nitrogens is 1. The number of nitrogens with zero attached hydrogens (tertiary/aromatic N) is 2. The summed E-state index contributed by atoms with van der Waals surface area (Å²) in [5.74, 6) is 0.718. The number of thiazole rings is 1. The molecule has 0 bridgehead atoms. The lowest BCUT2D eigenvalue weighted by molar-refractivity contribution is -0.142.